The van der Waals surface area contributed by atoms with Crippen LogP contribution >= 0.6 is 0 Å². The Morgan fingerprint density at radius 3 is 2.72 bits per heavy atom. The summed E-state index contributed by atoms with van der Waals surface area (Å²) >= 11 is 0. The fourth-order valence-corrected chi connectivity index (χ4v) is 7.24. The van der Waals surface area contributed by atoms with Crippen molar-refractivity contribution in [2.45, 2.75) is 78.2 Å². The van der Waals surface area contributed by atoms with E-state index in [2.05, 4.69) is 25.8 Å². The molecule has 0 saturated heterocycles. The van der Waals surface area contributed by atoms with E-state index in [0.29, 0.717) is 16.7 Å². The number of carbonyl (C=O) groups is 1. The van der Waals surface area contributed by atoms with E-state index >= 15 is 0 Å². The average molecular weight is 341 g/mol. The maximum atomic E-state index is 11.3. The molecule has 4 rings (SSSR count). The Balaban J connectivity index is 1.59. The van der Waals surface area contributed by atoms with Crippen LogP contribution in [0.4, 0.5) is 0 Å². The van der Waals surface area contributed by atoms with E-state index in [0.717, 1.165) is 30.6 Å². The SMILES string of the molecule is C#CC1CCC2C3CC=C4C[C@@H](OC(C)=O)CC[C@]4(C)C3CC[C@]12C. The lowest BCUT2D eigenvalue weighted by atomic mass is 9.47. The van der Waals surface area contributed by atoms with E-state index in [1.54, 1.807) is 5.57 Å². The summed E-state index contributed by atoms with van der Waals surface area (Å²) < 4.78 is 5.53. The Hall–Kier alpha value is -1.23. The van der Waals surface area contributed by atoms with Crippen LogP contribution in [0, 0.1) is 46.8 Å². The van der Waals surface area contributed by atoms with Crippen LogP contribution in [0.2, 0.25) is 0 Å². The third-order valence-corrected chi connectivity index (χ3v) is 8.59. The van der Waals surface area contributed by atoms with Crippen LogP contribution in [0.5, 0.6) is 0 Å². The van der Waals surface area contributed by atoms with Gasteiger partial charge in [0.2, 0.25) is 0 Å². The number of rotatable bonds is 1. The van der Waals surface area contributed by atoms with Gasteiger partial charge in [0.1, 0.15) is 6.10 Å². The van der Waals surface area contributed by atoms with Crippen molar-refractivity contribution in [3.8, 4) is 12.3 Å². The van der Waals surface area contributed by atoms with Gasteiger partial charge in [-0.25, -0.2) is 0 Å². The van der Waals surface area contributed by atoms with Crippen LogP contribution in [0.15, 0.2) is 11.6 Å². The summed E-state index contributed by atoms with van der Waals surface area (Å²) in [6.07, 6.45) is 18.0. The number of terminal acetylenes is 1. The maximum Gasteiger partial charge on any atom is 0.302 e. The third kappa shape index (κ3) is 2.49. The normalized spacial score (nSPS) is 48.4. The van der Waals surface area contributed by atoms with Crippen LogP contribution in [-0.4, -0.2) is 12.1 Å². The molecule has 3 fully saturated rings. The van der Waals surface area contributed by atoms with Gasteiger partial charge in [0.05, 0.1) is 0 Å². The summed E-state index contributed by atoms with van der Waals surface area (Å²) in [4.78, 5) is 11.3. The van der Waals surface area contributed by atoms with Crippen molar-refractivity contribution >= 4 is 5.97 Å². The average Bonchev–Trinajstić information content (AvgIpc) is 2.91. The first-order valence-electron chi connectivity index (χ1n) is 10.2. The van der Waals surface area contributed by atoms with Gasteiger partial charge in [-0.05, 0) is 73.5 Å². The first kappa shape index (κ1) is 17.2. The van der Waals surface area contributed by atoms with Gasteiger partial charge >= 0.3 is 5.97 Å². The number of ether oxygens (including phenoxy) is 1. The molecule has 0 aliphatic heterocycles. The molecule has 7 atom stereocenters. The van der Waals surface area contributed by atoms with Gasteiger partial charge in [0, 0.05) is 19.3 Å². The summed E-state index contributed by atoms with van der Waals surface area (Å²) in [5, 5.41) is 0. The highest BCUT2D eigenvalue weighted by Gasteiger charge is 2.58. The molecule has 0 heterocycles. The van der Waals surface area contributed by atoms with Gasteiger partial charge in [-0.3, -0.25) is 4.79 Å². The minimum Gasteiger partial charge on any atom is -0.462 e. The van der Waals surface area contributed by atoms with Crippen molar-refractivity contribution in [2.75, 3.05) is 0 Å². The number of hydrogen-bond acceptors (Lipinski definition) is 2. The minimum atomic E-state index is -0.136. The molecular formula is C23H32O2. The van der Waals surface area contributed by atoms with Gasteiger partial charge in [0.25, 0.3) is 0 Å². The van der Waals surface area contributed by atoms with Crippen molar-refractivity contribution < 1.29 is 9.53 Å². The Morgan fingerprint density at radius 2 is 2.00 bits per heavy atom. The molecule has 4 aliphatic carbocycles. The molecule has 4 unspecified atom stereocenters. The summed E-state index contributed by atoms with van der Waals surface area (Å²) in [6, 6.07) is 0. The molecule has 0 N–H and O–H groups in total. The highest BCUT2D eigenvalue weighted by molar-refractivity contribution is 5.66. The van der Waals surface area contributed by atoms with Crippen molar-refractivity contribution in [3.63, 3.8) is 0 Å². The molecule has 136 valence electrons. The fraction of sp³-hybridized carbons (Fsp3) is 0.783. The number of hydrogen-bond donors (Lipinski definition) is 0. The quantitative estimate of drug-likeness (QED) is 0.376. The van der Waals surface area contributed by atoms with E-state index in [1.807, 2.05) is 0 Å². The van der Waals surface area contributed by atoms with Crippen LogP contribution in [0.3, 0.4) is 0 Å². The minimum absolute atomic E-state index is 0.0968. The Morgan fingerprint density at radius 1 is 1.20 bits per heavy atom. The molecule has 0 spiro atoms. The second-order valence-electron chi connectivity index (χ2n) is 9.57. The van der Waals surface area contributed by atoms with Gasteiger partial charge in [-0.1, -0.05) is 25.5 Å². The van der Waals surface area contributed by atoms with Crippen molar-refractivity contribution in [2.24, 2.45) is 34.5 Å². The van der Waals surface area contributed by atoms with E-state index in [-0.39, 0.29) is 12.1 Å². The molecule has 0 radical (unpaired) electrons. The largest absolute Gasteiger partial charge is 0.462 e. The lowest BCUT2D eigenvalue weighted by molar-refractivity contribution is -0.148. The number of allylic oxidation sites excluding steroid dienone is 1. The maximum absolute atomic E-state index is 11.3. The zero-order valence-electron chi connectivity index (χ0n) is 16.0. The van der Waals surface area contributed by atoms with Crippen LogP contribution in [0.25, 0.3) is 0 Å². The summed E-state index contributed by atoms with van der Waals surface area (Å²) in [5.74, 6) is 5.86. The molecule has 3 saturated carbocycles. The second kappa shape index (κ2) is 5.90. The molecule has 25 heavy (non-hydrogen) atoms. The van der Waals surface area contributed by atoms with Gasteiger partial charge in [-0.15, -0.1) is 12.3 Å². The van der Waals surface area contributed by atoms with Crippen molar-refractivity contribution in [1.29, 1.82) is 0 Å². The van der Waals surface area contributed by atoms with Gasteiger partial charge in [-0.2, -0.15) is 0 Å². The number of carbonyl (C=O) groups excluding carboxylic acids is 1. The van der Waals surface area contributed by atoms with Crippen LogP contribution in [0.1, 0.15) is 72.1 Å². The highest BCUT2D eigenvalue weighted by atomic mass is 16.5. The Kier molecular flexibility index (Phi) is 4.06. The van der Waals surface area contributed by atoms with Gasteiger partial charge < -0.3 is 4.74 Å². The predicted molar refractivity (Wildman–Crippen MR) is 99.6 cm³/mol. The summed E-state index contributed by atoms with van der Waals surface area (Å²) in [5.41, 5.74) is 2.25. The summed E-state index contributed by atoms with van der Waals surface area (Å²) in [7, 11) is 0. The number of fused-ring (bicyclic) bond motifs is 5. The zero-order valence-corrected chi connectivity index (χ0v) is 16.0. The molecule has 4 aliphatic rings. The van der Waals surface area contributed by atoms with E-state index in [1.165, 1.54) is 45.4 Å². The lowest BCUT2D eigenvalue weighted by Crippen LogP contribution is -2.50. The van der Waals surface area contributed by atoms with E-state index < -0.39 is 0 Å². The first-order valence-corrected chi connectivity index (χ1v) is 10.2. The summed E-state index contributed by atoms with van der Waals surface area (Å²) in [6.45, 7) is 6.50. The zero-order chi connectivity index (χ0) is 17.8. The molecule has 2 nitrogen and oxygen atoms in total. The topological polar surface area (TPSA) is 26.3 Å². The second-order valence-corrected chi connectivity index (χ2v) is 9.57. The van der Waals surface area contributed by atoms with E-state index in [4.69, 9.17) is 11.2 Å². The molecule has 0 aromatic rings. The number of esters is 1. The van der Waals surface area contributed by atoms with Gasteiger partial charge in [0.15, 0.2) is 0 Å². The predicted octanol–water partition coefficient (Wildman–Crippen LogP) is 5.13. The lowest BCUT2D eigenvalue weighted by Gasteiger charge is -2.57. The smallest absolute Gasteiger partial charge is 0.302 e. The van der Waals surface area contributed by atoms with Crippen molar-refractivity contribution in [1.82, 2.24) is 0 Å². The first-order chi connectivity index (χ1) is 11.9. The van der Waals surface area contributed by atoms with Crippen LogP contribution < -0.4 is 0 Å². The molecular weight excluding hydrogens is 308 g/mol. The standard InChI is InChI=1S/C23H32O2/c1-5-16-7-9-20-19-8-6-17-14-18(25-15(2)24)10-12-23(17,4)21(19)11-13-22(16,20)3/h1,6,16,18-21H,7-14H2,2-4H3/t16?,18-,19?,20?,21?,22+,23-/m0/s1. The fourth-order valence-electron chi connectivity index (χ4n) is 7.24. The molecule has 0 bridgehead atoms. The third-order valence-electron chi connectivity index (χ3n) is 8.59. The van der Waals surface area contributed by atoms with E-state index in [9.17, 15) is 4.79 Å². The molecule has 0 aromatic heterocycles. The van der Waals surface area contributed by atoms with Crippen LogP contribution in [-0.2, 0) is 9.53 Å². The highest BCUT2D eigenvalue weighted by Crippen LogP contribution is 2.66. The molecule has 2 heteroatoms. The monoisotopic (exact) mass is 340 g/mol. The molecule has 0 aromatic carbocycles. The molecule has 0 amide bonds. The Labute approximate surface area is 152 Å². The Bertz CT molecular complexity index is 641. The van der Waals surface area contributed by atoms with Crippen molar-refractivity contribution in [3.05, 3.63) is 11.6 Å².